The first-order valence-electron chi connectivity index (χ1n) is 6.65. The summed E-state index contributed by atoms with van der Waals surface area (Å²) in [4.78, 5) is 0. The van der Waals surface area contributed by atoms with E-state index in [0.717, 1.165) is 12.8 Å². The lowest BCUT2D eigenvalue weighted by atomic mass is 9.65. The predicted octanol–water partition coefficient (Wildman–Crippen LogP) is 3.57. The maximum Gasteiger partial charge on any atom is 0.0672 e. The van der Waals surface area contributed by atoms with Crippen LogP contribution in [0.2, 0.25) is 0 Å². The van der Waals surface area contributed by atoms with Crippen LogP contribution in [-0.2, 0) is 0 Å². The lowest BCUT2D eigenvalue weighted by Crippen LogP contribution is -2.44. The van der Waals surface area contributed by atoms with E-state index in [0.29, 0.717) is 6.54 Å². The second-order valence-corrected chi connectivity index (χ2v) is 8.41. The van der Waals surface area contributed by atoms with Gasteiger partial charge in [-0.1, -0.05) is 48.5 Å². The molecule has 0 amide bonds. The highest BCUT2D eigenvalue weighted by molar-refractivity contribution is 4.92. The zero-order chi connectivity index (χ0) is 14.1. The highest BCUT2D eigenvalue weighted by Gasteiger charge is 2.41. The van der Waals surface area contributed by atoms with E-state index in [4.69, 9.17) is 5.73 Å². The fourth-order valence-electron chi connectivity index (χ4n) is 2.63. The van der Waals surface area contributed by atoms with Crippen molar-refractivity contribution in [1.82, 2.24) is 0 Å². The van der Waals surface area contributed by atoms with Gasteiger partial charge in [-0.2, -0.15) is 0 Å². The fourth-order valence-corrected chi connectivity index (χ4v) is 2.63. The minimum Gasteiger partial charge on any atom is -0.390 e. The first-order chi connectivity index (χ1) is 7.22. The zero-order valence-corrected chi connectivity index (χ0v) is 13.1. The van der Waals surface area contributed by atoms with Gasteiger partial charge >= 0.3 is 0 Å². The van der Waals surface area contributed by atoms with Gasteiger partial charge in [-0.15, -0.1) is 0 Å². The average molecular weight is 243 g/mol. The van der Waals surface area contributed by atoms with Crippen molar-refractivity contribution < 1.29 is 5.11 Å². The number of hydrogen-bond donors (Lipinski definition) is 2. The molecule has 0 radical (unpaired) electrons. The molecule has 3 N–H and O–H groups in total. The Labute approximate surface area is 108 Å². The van der Waals surface area contributed by atoms with Crippen molar-refractivity contribution in [2.75, 3.05) is 6.54 Å². The predicted molar refractivity (Wildman–Crippen MR) is 75.9 cm³/mol. The molecule has 0 aliphatic heterocycles. The Balaban J connectivity index is 4.77. The summed E-state index contributed by atoms with van der Waals surface area (Å²) in [7, 11) is 0. The van der Waals surface area contributed by atoms with Gasteiger partial charge < -0.3 is 10.8 Å². The average Bonchev–Trinajstić information content (AvgIpc) is 1.97. The van der Waals surface area contributed by atoms with Crippen LogP contribution < -0.4 is 5.73 Å². The summed E-state index contributed by atoms with van der Waals surface area (Å²) in [6.45, 7) is 17.8. The van der Waals surface area contributed by atoms with Crippen LogP contribution in [0.1, 0.15) is 68.2 Å². The van der Waals surface area contributed by atoms with Crippen molar-refractivity contribution >= 4 is 0 Å². The smallest absolute Gasteiger partial charge is 0.0672 e. The molecule has 1 atom stereocenters. The summed E-state index contributed by atoms with van der Waals surface area (Å²) in [5.41, 5.74) is 5.28. The lowest BCUT2D eigenvalue weighted by Gasteiger charge is -2.44. The van der Waals surface area contributed by atoms with Gasteiger partial charge in [0.2, 0.25) is 0 Å². The van der Waals surface area contributed by atoms with Crippen LogP contribution in [-0.4, -0.2) is 17.3 Å². The first-order valence-corrected chi connectivity index (χ1v) is 6.65. The summed E-state index contributed by atoms with van der Waals surface area (Å²) < 4.78 is 0. The molecule has 0 rings (SSSR count). The zero-order valence-electron chi connectivity index (χ0n) is 13.1. The van der Waals surface area contributed by atoms with E-state index in [1.165, 1.54) is 0 Å². The standard InChI is InChI=1S/C15H33NO/c1-12(2,3)15(8,17)10-13(4,5)9-14(6,7)11-16/h17H,9-11,16H2,1-8H3. The molecule has 0 aliphatic carbocycles. The van der Waals surface area contributed by atoms with E-state index in [9.17, 15) is 5.11 Å². The highest BCUT2D eigenvalue weighted by Crippen LogP contribution is 2.44. The van der Waals surface area contributed by atoms with Gasteiger partial charge in [0, 0.05) is 0 Å². The van der Waals surface area contributed by atoms with Crippen molar-refractivity contribution in [3.63, 3.8) is 0 Å². The summed E-state index contributed by atoms with van der Waals surface area (Å²) >= 11 is 0. The quantitative estimate of drug-likeness (QED) is 0.775. The largest absolute Gasteiger partial charge is 0.390 e. The SMILES string of the molecule is CC(C)(CN)CC(C)(C)CC(C)(O)C(C)(C)C. The van der Waals surface area contributed by atoms with Crippen molar-refractivity contribution in [2.45, 2.75) is 73.8 Å². The van der Waals surface area contributed by atoms with Crippen LogP contribution in [0.3, 0.4) is 0 Å². The van der Waals surface area contributed by atoms with Crippen LogP contribution in [0, 0.1) is 16.2 Å². The molecule has 0 heterocycles. The Morgan fingerprint density at radius 2 is 1.18 bits per heavy atom. The molecular weight excluding hydrogens is 210 g/mol. The molecular formula is C15H33NO. The van der Waals surface area contributed by atoms with Gasteiger partial charge in [0.25, 0.3) is 0 Å². The number of aliphatic hydroxyl groups is 1. The number of rotatable bonds is 5. The third kappa shape index (κ3) is 5.39. The Kier molecular flexibility index (Phi) is 4.87. The monoisotopic (exact) mass is 243 g/mol. The Hall–Kier alpha value is -0.0800. The molecule has 2 nitrogen and oxygen atoms in total. The summed E-state index contributed by atoms with van der Waals surface area (Å²) in [5, 5.41) is 10.6. The van der Waals surface area contributed by atoms with Crippen molar-refractivity contribution in [3.05, 3.63) is 0 Å². The van der Waals surface area contributed by atoms with E-state index in [2.05, 4.69) is 48.5 Å². The molecule has 0 saturated carbocycles. The minimum atomic E-state index is -0.652. The minimum absolute atomic E-state index is 0.0969. The number of nitrogens with two attached hydrogens (primary N) is 1. The van der Waals surface area contributed by atoms with E-state index < -0.39 is 5.60 Å². The molecule has 2 heteroatoms. The van der Waals surface area contributed by atoms with Crippen molar-refractivity contribution in [1.29, 1.82) is 0 Å². The van der Waals surface area contributed by atoms with Gasteiger partial charge in [-0.25, -0.2) is 0 Å². The van der Waals surface area contributed by atoms with Crippen molar-refractivity contribution in [3.8, 4) is 0 Å². The van der Waals surface area contributed by atoms with Crippen LogP contribution in [0.4, 0.5) is 0 Å². The van der Waals surface area contributed by atoms with E-state index >= 15 is 0 Å². The molecule has 0 aromatic carbocycles. The van der Waals surface area contributed by atoms with Crippen LogP contribution in [0.5, 0.6) is 0 Å². The summed E-state index contributed by atoms with van der Waals surface area (Å²) in [6.07, 6.45) is 1.83. The Morgan fingerprint density at radius 3 is 1.47 bits per heavy atom. The van der Waals surface area contributed by atoms with Gasteiger partial charge in [-0.05, 0) is 42.6 Å². The third-order valence-electron chi connectivity index (χ3n) is 3.95. The summed E-state index contributed by atoms with van der Waals surface area (Å²) in [6, 6.07) is 0. The molecule has 0 aromatic rings. The van der Waals surface area contributed by atoms with E-state index in [-0.39, 0.29) is 16.2 Å². The molecule has 0 spiro atoms. The Morgan fingerprint density at radius 1 is 0.765 bits per heavy atom. The van der Waals surface area contributed by atoms with Crippen LogP contribution >= 0.6 is 0 Å². The van der Waals surface area contributed by atoms with Crippen molar-refractivity contribution in [2.24, 2.45) is 22.0 Å². The maximum atomic E-state index is 10.6. The second-order valence-electron chi connectivity index (χ2n) is 8.41. The number of hydrogen-bond acceptors (Lipinski definition) is 2. The second kappa shape index (κ2) is 4.89. The van der Waals surface area contributed by atoms with Gasteiger partial charge in [0.1, 0.15) is 0 Å². The van der Waals surface area contributed by atoms with Gasteiger partial charge in [0.15, 0.2) is 0 Å². The molecule has 0 aromatic heterocycles. The molecule has 0 aliphatic rings. The molecule has 0 fully saturated rings. The molecule has 104 valence electrons. The van der Waals surface area contributed by atoms with Crippen LogP contribution in [0.15, 0.2) is 0 Å². The maximum absolute atomic E-state index is 10.6. The topological polar surface area (TPSA) is 46.2 Å². The third-order valence-corrected chi connectivity index (χ3v) is 3.95. The normalized spacial score (nSPS) is 18.0. The van der Waals surface area contributed by atoms with E-state index in [1.807, 2.05) is 6.92 Å². The molecule has 17 heavy (non-hydrogen) atoms. The Bertz CT molecular complexity index is 246. The van der Waals surface area contributed by atoms with Gasteiger partial charge in [-0.3, -0.25) is 0 Å². The molecule has 1 unspecified atom stereocenters. The van der Waals surface area contributed by atoms with E-state index in [1.54, 1.807) is 0 Å². The van der Waals surface area contributed by atoms with Crippen LogP contribution in [0.25, 0.3) is 0 Å². The molecule has 0 saturated heterocycles. The first kappa shape index (κ1) is 16.9. The highest BCUT2D eigenvalue weighted by atomic mass is 16.3. The molecule has 0 bridgehead atoms. The summed E-state index contributed by atoms with van der Waals surface area (Å²) in [5.74, 6) is 0. The van der Waals surface area contributed by atoms with Gasteiger partial charge in [0.05, 0.1) is 5.60 Å². The lowest BCUT2D eigenvalue weighted by molar-refractivity contribution is -0.0776. The fraction of sp³-hybridized carbons (Fsp3) is 1.00.